The van der Waals surface area contributed by atoms with E-state index in [0.717, 1.165) is 11.3 Å². The molecule has 1 amide bonds. The number of nitrogens with zero attached hydrogens (tertiary/aromatic N) is 1. The van der Waals surface area contributed by atoms with Gasteiger partial charge in [0.05, 0.1) is 18.4 Å². The molecule has 2 heterocycles. The van der Waals surface area contributed by atoms with E-state index in [1.54, 1.807) is 23.2 Å². The van der Waals surface area contributed by atoms with Crippen LogP contribution >= 0.6 is 0 Å². The van der Waals surface area contributed by atoms with Gasteiger partial charge >= 0.3 is 6.18 Å². The van der Waals surface area contributed by atoms with Gasteiger partial charge in [0.1, 0.15) is 0 Å². The van der Waals surface area contributed by atoms with E-state index in [-0.39, 0.29) is 19.6 Å². The molecule has 7 heteroatoms. The second-order valence-corrected chi connectivity index (χ2v) is 6.35. The summed E-state index contributed by atoms with van der Waals surface area (Å²) in [7, 11) is 0. The van der Waals surface area contributed by atoms with Gasteiger partial charge in [0, 0.05) is 31.5 Å². The van der Waals surface area contributed by atoms with E-state index in [0.29, 0.717) is 6.54 Å². The highest BCUT2D eigenvalue weighted by atomic mass is 19.4. The molecule has 3 rings (SSSR count). The summed E-state index contributed by atoms with van der Waals surface area (Å²) in [5.41, 5.74) is 1.70. The number of alkyl halides is 3. The number of carbonyl (C=O) groups is 1. The Kier molecular flexibility index (Phi) is 5.13. The first kappa shape index (κ1) is 17.5. The van der Waals surface area contributed by atoms with Gasteiger partial charge in [-0.25, -0.2) is 0 Å². The van der Waals surface area contributed by atoms with Gasteiger partial charge in [-0.15, -0.1) is 0 Å². The third kappa shape index (κ3) is 4.42. The van der Waals surface area contributed by atoms with Crippen molar-refractivity contribution < 1.29 is 18.0 Å². The molecule has 4 nitrogen and oxygen atoms in total. The van der Waals surface area contributed by atoms with Gasteiger partial charge in [-0.2, -0.15) is 13.2 Å². The molecule has 0 unspecified atom stereocenters. The number of rotatable bonds is 5. The van der Waals surface area contributed by atoms with Crippen LogP contribution in [0.1, 0.15) is 11.3 Å². The number of aromatic amines is 1. The first-order chi connectivity index (χ1) is 11.9. The van der Waals surface area contributed by atoms with Crippen molar-refractivity contribution in [1.82, 2.24) is 15.2 Å². The lowest BCUT2D eigenvalue weighted by molar-refractivity contribution is -0.183. The summed E-state index contributed by atoms with van der Waals surface area (Å²) >= 11 is 0. The average Bonchev–Trinajstić information content (AvgIpc) is 3.22. The van der Waals surface area contributed by atoms with E-state index in [2.05, 4.69) is 10.3 Å². The maximum atomic E-state index is 13.4. The summed E-state index contributed by atoms with van der Waals surface area (Å²) in [6.45, 7) is 0.564. The zero-order chi connectivity index (χ0) is 17.9. The first-order valence-electron chi connectivity index (χ1n) is 8.16. The number of benzene rings is 1. The summed E-state index contributed by atoms with van der Waals surface area (Å²) in [5.74, 6) is -3.27. The zero-order valence-corrected chi connectivity index (χ0v) is 13.6. The Morgan fingerprint density at radius 3 is 2.56 bits per heavy atom. The van der Waals surface area contributed by atoms with Crippen LogP contribution in [0.25, 0.3) is 0 Å². The van der Waals surface area contributed by atoms with E-state index in [1.165, 1.54) is 0 Å². The SMILES string of the molecule is O=C(NCc1ccc[nH]1)[C@@H]1CN(Cc2ccccc2)C[C@H]1C(F)(F)F. The summed E-state index contributed by atoms with van der Waals surface area (Å²) in [5, 5.41) is 2.62. The highest BCUT2D eigenvalue weighted by molar-refractivity contribution is 5.79. The number of carbonyl (C=O) groups excluding carboxylic acids is 1. The Bertz CT molecular complexity index is 685. The third-order valence-corrected chi connectivity index (χ3v) is 4.52. The van der Waals surface area contributed by atoms with Gasteiger partial charge in [-0.05, 0) is 17.7 Å². The van der Waals surface area contributed by atoms with Crippen molar-refractivity contribution in [3.05, 3.63) is 59.9 Å². The smallest absolute Gasteiger partial charge is 0.364 e. The molecule has 0 radical (unpaired) electrons. The predicted molar refractivity (Wildman–Crippen MR) is 87.4 cm³/mol. The van der Waals surface area contributed by atoms with E-state index in [1.807, 2.05) is 30.3 Å². The number of hydrogen-bond donors (Lipinski definition) is 2. The molecule has 25 heavy (non-hydrogen) atoms. The van der Waals surface area contributed by atoms with Crippen LogP contribution in [0.4, 0.5) is 13.2 Å². The molecule has 134 valence electrons. The van der Waals surface area contributed by atoms with Crippen molar-refractivity contribution in [1.29, 1.82) is 0 Å². The summed E-state index contributed by atoms with van der Waals surface area (Å²) in [6.07, 6.45) is -2.68. The van der Waals surface area contributed by atoms with E-state index >= 15 is 0 Å². The van der Waals surface area contributed by atoms with Crippen LogP contribution in [0.3, 0.4) is 0 Å². The maximum absolute atomic E-state index is 13.4. The molecule has 0 bridgehead atoms. The number of hydrogen-bond acceptors (Lipinski definition) is 2. The molecule has 0 aliphatic carbocycles. The quantitative estimate of drug-likeness (QED) is 0.870. The largest absolute Gasteiger partial charge is 0.393 e. The molecule has 1 aliphatic heterocycles. The van der Waals surface area contributed by atoms with Crippen LogP contribution < -0.4 is 5.32 Å². The topological polar surface area (TPSA) is 48.1 Å². The summed E-state index contributed by atoms with van der Waals surface area (Å²) in [4.78, 5) is 17.0. The first-order valence-corrected chi connectivity index (χ1v) is 8.16. The molecule has 2 aromatic rings. The van der Waals surface area contributed by atoms with Gasteiger partial charge in [-0.1, -0.05) is 30.3 Å². The van der Waals surface area contributed by atoms with Crippen molar-refractivity contribution in [3.8, 4) is 0 Å². The number of aromatic nitrogens is 1. The fraction of sp³-hybridized carbons (Fsp3) is 0.389. The van der Waals surface area contributed by atoms with Gasteiger partial charge in [0.25, 0.3) is 0 Å². The number of likely N-dealkylation sites (tertiary alicyclic amines) is 1. The number of halogens is 3. The van der Waals surface area contributed by atoms with E-state index < -0.39 is 23.9 Å². The molecular formula is C18H20F3N3O. The molecule has 1 saturated heterocycles. The van der Waals surface area contributed by atoms with E-state index in [4.69, 9.17) is 0 Å². The summed E-state index contributed by atoms with van der Waals surface area (Å²) < 4.78 is 40.2. The number of amides is 1. The summed E-state index contributed by atoms with van der Waals surface area (Å²) in [6, 6.07) is 12.9. The average molecular weight is 351 g/mol. The predicted octanol–water partition coefficient (Wildman–Crippen LogP) is 2.94. The minimum atomic E-state index is -4.39. The molecule has 1 aromatic carbocycles. The minimum Gasteiger partial charge on any atom is -0.364 e. The van der Waals surface area contributed by atoms with Crippen LogP contribution in [-0.2, 0) is 17.9 Å². The maximum Gasteiger partial charge on any atom is 0.393 e. The van der Waals surface area contributed by atoms with Crippen LogP contribution in [-0.4, -0.2) is 35.1 Å². The van der Waals surface area contributed by atoms with Crippen molar-refractivity contribution in [2.45, 2.75) is 19.3 Å². The van der Waals surface area contributed by atoms with Gasteiger partial charge < -0.3 is 10.3 Å². The fourth-order valence-corrected chi connectivity index (χ4v) is 3.24. The second-order valence-electron chi connectivity index (χ2n) is 6.35. The molecule has 1 aromatic heterocycles. The second kappa shape index (κ2) is 7.31. The number of H-pyrrole nitrogens is 1. The van der Waals surface area contributed by atoms with Crippen LogP contribution in [0.15, 0.2) is 48.7 Å². The highest BCUT2D eigenvalue weighted by Gasteiger charge is 2.52. The Labute approximate surface area is 144 Å². The Hall–Kier alpha value is -2.28. The van der Waals surface area contributed by atoms with Gasteiger partial charge in [0.15, 0.2) is 0 Å². The molecule has 0 saturated carbocycles. The van der Waals surface area contributed by atoms with Crippen LogP contribution in [0.2, 0.25) is 0 Å². The molecule has 2 atom stereocenters. The lowest BCUT2D eigenvalue weighted by atomic mass is 9.94. The Morgan fingerprint density at radius 1 is 1.16 bits per heavy atom. The normalized spacial score (nSPS) is 21.4. The minimum absolute atomic E-state index is 0.107. The van der Waals surface area contributed by atoms with E-state index in [9.17, 15) is 18.0 Å². The highest BCUT2D eigenvalue weighted by Crippen LogP contribution is 2.38. The Morgan fingerprint density at radius 2 is 1.92 bits per heavy atom. The fourth-order valence-electron chi connectivity index (χ4n) is 3.24. The van der Waals surface area contributed by atoms with Gasteiger partial charge in [-0.3, -0.25) is 9.69 Å². The monoisotopic (exact) mass is 351 g/mol. The molecule has 0 spiro atoms. The lowest BCUT2D eigenvalue weighted by Crippen LogP contribution is -2.39. The standard InChI is InChI=1S/C18H20F3N3O/c19-18(20,21)16-12-24(10-13-5-2-1-3-6-13)11-15(16)17(25)23-9-14-7-4-8-22-14/h1-8,15-16,22H,9-12H2,(H,23,25)/t15-,16-/m1/s1. The van der Waals surface area contributed by atoms with Crippen molar-refractivity contribution in [2.75, 3.05) is 13.1 Å². The lowest BCUT2D eigenvalue weighted by Gasteiger charge is -2.20. The van der Waals surface area contributed by atoms with Gasteiger partial charge in [0.2, 0.25) is 5.91 Å². The van der Waals surface area contributed by atoms with Crippen molar-refractivity contribution >= 4 is 5.91 Å². The van der Waals surface area contributed by atoms with Crippen molar-refractivity contribution in [2.24, 2.45) is 11.8 Å². The molecule has 1 aliphatic rings. The van der Waals surface area contributed by atoms with Crippen LogP contribution in [0.5, 0.6) is 0 Å². The number of nitrogens with one attached hydrogen (secondary N) is 2. The third-order valence-electron chi connectivity index (χ3n) is 4.52. The molecule has 1 fully saturated rings. The Balaban J connectivity index is 1.66. The molecule has 2 N–H and O–H groups in total. The van der Waals surface area contributed by atoms with Crippen molar-refractivity contribution in [3.63, 3.8) is 0 Å². The zero-order valence-electron chi connectivity index (χ0n) is 13.6. The molecular weight excluding hydrogens is 331 g/mol. The van der Waals surface area contributed by atoms with Crippen LogP contribution in [0, 0.1) is 11.8 Å².